The van der Waals surface area contributed by atoms with Crippen LogP contribution in [0.15, 0.2) is 23.3 Å². The summed E-state index contributed by atoms with van der Waals surface area (Å²) < 4.78 is 0.365. The third-order valence-corrected chi connectivity index (χ3v) is 3.87. The number of amides is 1. The molecule has 6 nitrogen and oxygen atoms in total. The highest BCUT2D eigenvalue weighted by molar-refractivity contribution is 8.23. The lowest BCUT2D eigenvalue weighted by Gasteiger charge is -2.06. The van der Waals surface area contributed by atoms with E-state index in [1.54, 1.807) is 6.07 Å². The topological polar surface area (TPSA) is 75.8 Å². The van der Waals surface area contributed by atoms with Crippen LogP contribution in [0.2, 0.25) is 5.02 Å². The third kappa shape index (κ3) is 3.09. The number of hydrogen-bond donors (Lipinski definition) is 0. The van der Waals surface area contributed by atoms with Gasteiger partial charge >= 0.3 is 0 Å². The zero-order chi connectivity index (χ0) is 14.0. The van der Waals surface area contributed by atoms with Crippen molar-refractivity contribution >= 4 is 57.7 Å². The van der Waals surface area contributed by atoms with Gasteiger partial charge in [0.25, 0.3) is 11.6 Å². The molecule has 0 aromatic heterocycles. The van der Waals surface area contributed by atoms with Gasteiger partial charge in [-0.1, -0.05) is 41.6 Å². The maximum atomic E-state index is 11.4. The van der Waals surface area contributed by atoms with E-state index in [-0.39, 0.29) is 22.4 Å². The van der Waals surface area contributed by atoms with Gasteiger partial charge in [-0.25, -0.2) is 0 Å². The van der Waals surface area contributed by atoms with Crippen LogP contribution in [0.25, 0.3) is 0 Å². The number of halogens is 1. The largest absolute Gasteiger partial charge is 0.288 e. The number of carbonyl (C=O) groups is 1. The molecule has 1 saturated heterocycles. The lowest BCUT2D eigenvalue weighted by atomic mass is 10.2. The van der Waals surface area contributed by atoms with Gasteiger partial charge in [0.2, 0.25) is 0 Å². The molecule has 1 aliphatic rings. The highest BCUT2D eigenvalue weighted by atomic mass is 35.5. The molecule has 9 heteroatoms. The van der Waals surface area contributed by atoms with Crippen molar-refractivity contribution in [2.75, 3.05) is 5.75 Å². The standard InChI is InChI=1S/C10H6ClN3O3S2/c11-7-2-1-6(3-8(7)14(16)17)4-12-13-9(15)5-19-10(13)18/h1-4H,5H2/b12-4+. The predicted octanol–water partition coefficient (Wildman–Crippen LogP) is 2.44. The van der Waals surface area contributed by atoms with Crippen molar-refractivity contribution in [2.24, 2.45) is 5.10 Å². The molecule has 1 amide bonds. The highest BCUT2D eigenvalue weighted by Crippen LogP contribution is 2.25. The fraction of sp³-hybridized carbons (Fsp3) is 0.100. The number of nitro benzene ring substituents is 1. The second kappa shape index (κ2) is 5.64. The number of thioether (sulfide) groups is 1. The van der Waals surface area contributed by atoms with Gasteiger partial charge < -0.3 is 0 Å². The lowest BCUT2D eigenvalue weighted by Crippen LogP contribution is -2.22. The molecule has 0 radical (unpaired) electrons. The first-order valence-electron chi connectivity index (χ1n) is 4.96. The van der Waals surface area contributed by atoms with Crippen LogP contribution in [-0.2, 0) is 4.79 Å². The van der Waals surface area contributed by atoms with Gasteiger partial charge in [-0.2, -0.15) is 10.1 Å². The molecule has 0 saturated carbocycles. The summed E-state index contributed by atoms with van der Waals surface area (Å²) in [6, 6.07) is 4.25. The first kappa shape index (κ1) is 13.9. The molecular weight excluding hydrogens is 310 g/mol. The Morgan fingerprint density at radius 1 is 1.58 bits per heavy atom. The van der Waals surface area contributed by atoms with E-state index >= 15 is 0 Å². The van der Waals surface area contributed by atoms with Crippen molar-refractivity contribution in [2.45, 2.75) is 0 Å². The number of hydrazone groups is 1. The van der Waals surface area contributed by atoms with Crippen LogP contribution in [0.3, 0.4) is 0 Å². The molecule has 0 N–H and O–H groups in total. The Balaban J connectivity index is 2.24. The number of thiocarbonyl (C=S) groups is 1. The molecular formula is C10H6ClN3O3S2. The Labute approximate surface area is 122 Å². The molecule has 2 rings (SSSR count). The lowest BCUT2D eigenvalue weighted by molar-refractivity contribution is -0.384. The van der Waals surface area contributed by atoms with Gasteiger partial charge in [-0.15, -0.1) is 0 Å². The number of hydrogen-bond acceptors (Lipinski definition) is 6. The Morgan fingerprint density at radius 2 is 2.32 bits per heavy atom. The number of rotatable bonds is 3. The quantitative estimate of drug-likeness (QED) is 0.370. The molecule has 1 aromatic carbocycles. The maximum Gasteiger partial charge on any atom is 0.288 e. The molecule has 0 aliphatic carbocycles. The van der Waals surface area contributed by atoms with E-state index in [0.29, 0.717) is 9.88 Å². The minimum absolute atomic E-state index is 0.0467. The van der Waals surface area contributed by atoms with E-state index in [1.165, 1.54) is 30.1 Å². The van der Waals surface area contributed by atoms with Crippen LogP contribution in [0.1, 0.15) is 5.56 Å². The smallest absolute Gasteiger partial charge is 0.272 e. The van der Waals surface area contributed by atoms with E-state index in [1.807, 2.05) is 0 Å². The summed E-state index contributed by atoms with van der Waals surface area (Å²) >= 11 is 11.9. The van der Waals surface area contributed by atoms with Crippen molar-refractivity contribution in [3.63, 3.8) is 0 Å². The average Bonchev–Trinajstić information content (AvgIpc) is 2.68. The Kier molecular flexibility index (Phi) is 4.13. The zero-order valence-electron chi connectivity index (χ0n) is 9.28. The minimum atomic E-state index is -0.582. The van der Waals surface area contributed by atoms with Gasteiger partial charge in [0.15, 0.2) is 4.32 Å². The van der Waals surface area contributed by atoms with Crippen LogP contribution in [0, 0.1) is 10.1 Å². The zero-order valence-corrected chi connectivity index (χ0v) is 11.7. The first-order chi connectivity index (χ1) is 8.99. The molecule has 0 atom stereocenters. The number of nitro groups is 1. The van der Waals surface area contributed by atoms with Crippen LogP contribution in [0.4, 0.5) is 5.69 Å². The van der Waals surface area contributed by atoms with Crippen LogP contribution >= 0.6 is 35.6 Å². The number of carbonyl (C=O) groups excluding carboxylic acids is 1. The average molecular weight is 316 g/mol. The van der Waals surface area contributed by atoms with E-state index in [4.69, 9.17) is 23.8 Å². The van der Waals surface area contributed by atoms with Crippen LogP contribution in [-0.4, -0.2) is 32.1 Å². The van der Waals surface area contributed by atoms with Crippen molar-refractivity contribution in [3.8, 4) is 0 Å². The predicted molar refractivity (Wildman–Crippen MR) is 77.6 cm³/mol. The maximum absolute atomic E-state index is 11.4. The number of nitrogens with zero attached hydrogens (tertiary/aromatic N) is 3. The van der Waals surface area contributed by atoms with Gasteiger partial charge in [-0.3, -0.25) is 14.9 Å². The molecule has 98 valence electrons. The highest BCUT2D eigenvalue weighted by Gasteiger charge is 2.26. The molecule has 0 spiro atoms. The fourth-order valence-electron chi connectivity index (χ4n) is 1.33. The summed E-state index contributed by atoms with van der Waals surface area (Å²) in [5.74, 6) is 0.0476. The molecule has 1 fully saturated rings. The SMILES string of the molecule is O=C1CSC(=S)N1/N=C/c1ccc(Cl)c([N+](=O)[O-])c1. The molecule has 0 bridgehead atoms. The number of benzene rings is 1. The Hall–Kier alpha value is -1.51. The van der Waals surface area contributed by atoms with Crippen molar-refractivity contribution in [3.05, 3.63) is 38.9 Å². The summed E-state index contributed by atoms with van der Waals surface area (Å²) in [6.45, 7) is 0. The van der Waals surface area contributed by atoms with Gasteiger partial charge in [0.1, 0.15) is 5.02 Å². The molecule has 1 heterocycles. The van der Waals surface area contributed by atoms with E-state index in [9.17, 15) is 14.9 Å². The summed E-state index contributed by atoms with van der Waals surface area (Å²) in [6.07, 6.45) is 1.33. The van der Waals surface area contributed by atoms with Crippen LogP contribution < -0.4 is 0 Å². The summed E-state index contributed by atoms with van der Waals surface area (Å²) in [5, 5.41) is 15.8. The normalized spacial score (nSPS) is 15.5. The summed E-state index contributed by atoms with van der Waals surface area (Å²) in [5.41, 5.74) is 0.249. The Bertz CT molecular complexity index is 590. The van der Waals surface area contributed by atoms with Gasteiger partial charge in [0.05, 0.1) is 16.9 Å². The summed E-state index contributed by atoms with van der Waals surface area (Å²) in [4.78, 5) is 21.6. The van der Waals surface area contributed by atoms with Crippen LogP contribution in [0.5, 0.6) is 0 Å². The van der Waals surface area contributed by atoms with Crippen molar-refractivity contribution in [1.82, 2.24) is 5.01 Å². The minimum Gasteiger partial charge on any atom is -0.272 e. The van der Waals surface area contributed by atoms with Crippen molar-refractivity contribution in [1.29, 1.82) is 0 Å². The van der Waals surface area contributed by atoms with Gasteiger partial charge in [-0.05, 0) is 6.07 Å². The van der Waals surface area contributed by atoms with Gasteiger partial charge in [0, 0.05) is 11.6 Å². The first-order valence-corrected chi connectivity index (χ1v) is 6.74. The third-order valence-electron chi connectivity index (χ3n) is 2.22. The van der Waals surface area contributed by atoms with E-state index in [0.717, 1.165) is 5.01 Å². The molecule has 1 aliphatic heterocycles. The fourth-order valence-corrected chi connectivity index (χ4v) is 2.49. The summed E-state index contributed by atoms with van der Waals surface area (Å²) in [7, 11) is 0. The van der Waals surface area contributed by atoms with E-state index < -0.39 is 4.92 Å². The molecule has 0 unspecified atom stereocenters. The monoisotopic (exact) mass is 315 g/mol. The second-order valence-electron chi connectivity index (χ2n) is 3.47. The second-order valence-corrected chi connectivity index (χ2v) is 5.49. The van der Waals surface area contributed by atoms with Crippen molar-refractivity contribution < 1.29 is 9.72 Å². The Morgan fingerprint density at radius 3 is 2.89 bits per heavy atom. The van der Waals surface area contributed by atoms with E-state index in [2.05, 4.69) is 5.10 Å². The molecule has 1 aromatic rings. The molecule has 19 heavy (non-hydrogen) atoms.